The molecular weight excluding hydrogens is 210 g/mol. The molecule has 1 aromatic rings. The van der Waals surface area contributed by atoms with Gasteiger partial charge in [0.2, 0.25) is 0 Å². The number of carbonyl (C=O) groups is 1. The molecule has 0 amide bonds. The fourth-order valence-corrected chi connectivity index (χ4v) is 1.31. The Morgan fingerprint density at radius 3 is 2.67 bits per heavy atom. The first-order valence-electron chi connectivity index (χ1n) is 4.74. The van der Waals surface area contributed by atoms with Crippen LogP contribution in [0.2, 0.25) is 0 Å². The average Bonchev–Trinajstić information content (AvgIpc) is 2.19. The zero-order valence-corrected chi connectivity index (χ0v) is 9.34. The van der Waals surface area contributed by atoms with Crippen LogP contribution in [0.3, 0.4) is 0 Å². The maximum atomic E-state index is 11.3. The van der Waals surface area contributed by atoms with E-state index < -0.39 is 0 Å². The number of rotatable bonds is 4. The van der Waals surface area contributed by atoms with Gasteiger partial charge >= 0.3 is 5.97 Å². The quantitative estimate of drug-likeness (QED) is 0.481. The Bertz CT molecular complexity index is 338. The SMILES string of the molecule is CCNC(=S)CC(=O)Oc1ccccc1. The summed E-state index contributed by atoms with van der Waals surface area (Å²) in [5.74, 6) is 0.203. The van der Waals surface area contributed by atoms with Crippen molar-refractivity contribution < 1.29 is 9.53 Å². The zero-order valence-electron chi connectivity index (χ0n) is 8.53. The van der Waals surface area contributed by atoms with Gasteiger partial charge in [-0.3, -0.25) is 4.79 Å². The first kappa shape index (κ1) is 11.7. The molecule has 0 heterocycles. The van der Waals surface area contributed by atoms with E-state index in [1.165, 1.54) is 0 Å². The van der Waals surface area contributed by atoms with Gasteiger partial charge in [-0.25, -0.2) is 0 Å². The molecule has 1 aromatic carbocycles. The molecule has 0 aliphatic rings. The van der Waals surface area contributed by atoms with E-state index in [2.05, 4.69) is 5.32 Å². The lowest BCUT2D eigenvalue weighted by Crippen LogP contribution is -2.25. The van der Waals surface area contributed by atoms with Gasteiger partial charge < -0.3 is 10.1 Å². The molecule has 1 rings (SSSR count). The molecule has 4 heteroatoms. The summed E-state index contributed by atoms with van der Waals surface area (Å²) in [6, 6.07) is 8.94. The summed E-state index contributed by atoms with van der Waals surface area (Å²) in [5, 5.41) is 2.89. The summed E-state index contributed by atoms with van der Waals surface area (Å²) in [4.78, 5) is 11.9. The number of hydrogen-bond acceptors (Lipinski definition) is 3. The van der Waals surface area contributed by atoms with Crippen molar-refractivity contribution in [3.63, 3.8) is 0 Å². The van der Waals surface area contributed by atoms with Crippen LogP contribution in [-0.4, -0.2) is 17.5 Å². The highest BCUT2D eigenvalue weighted by Gasteiger charge is 2.07. The number of ether oxygens (including phenoxy) is 1. The molecule has 80 valence electrons. The van der Waals surface area contributed by atoms with Crippen molar-refractivity contribution in [1.29, 1.82) is 0 Å². The number of para-hydroxylation sites is 1. The van der Waals surface area contributed by atoms with Gasteiger partial charge in [0.05, 0.1) is 11.4 Å². The van der Waals surface area contributed by atoms with Gasteiger partial charge in [0, 0.05) is 6.54 Å². The van der Waals surface area contributed by atoms with Gasteiger partial charge in [-0.15, -0.1) is 0 Å². The van der Waals surface area contributed by atoms with Gasteiger partial charge in [0.25, 0.3) is 0 Å². The summed E-state index contributed by atoms with van der Waals surface area (Å²) in [7, 11) is 0. The van der Waals surface area contributed by atoms with E-state index in [1.807, 2.05) is 25.1 Å². The lowest BCUT2D eigenvalue weighted by Gasteiger charge is -2.05. The highest BCUT2D eigenvalue weighted by molar-refractivity contribution is 7.80. The van der Waals surface area contributed by atoms with Crippen LogP contribution in [0.1, 0.15) is 13.3 Å². The Morgan fingerprint density at radius 1 is 1.40 bits per heavy atom. The van der Waals surface area contributed by atoms with E-state index in [0.717, 1.165) is 6.54 Å². The second kappa shape index (κ2) is 6.14. The number of benzene rings is 1. The highest BCUT2D eigenvalue weighted by atomic mass is 32.1. The lowest BCUT2D eigenvalue weighted by atomic mass is 10.3. The number of thiocarbonyl (C=S) groups is 1. The molecular formula is C11H13NO2S. The summed E-state index contributed by atoms with van der Waals surface area (Å²) < 4.78 is 5.06. The van der Waals surface area contributed by atoms with Crippen LogP contribution in [0.25, 0.3) is 0 Å². The summed E-state index contributed by atoms with van der Waals surface area (Å²) >= 11 is 4.93. The summed E-state index contributed by atoms with van der Waals surface area (Å²) in [5.41, 5.74) is 0. The molecule has 0 aliphatic carbocycles. The fourth-order valence-electron chi connectivity index (χ4n) is 1.05. The smallest absolute Gasteiger partial charge is 0.318 e. The third-order valence-electron chi connectivity index (χ3n) is 1.65. The normalized spacial score (nSPS) is 9.40. The van der Waals surface area contributed by atoms with Gasteiger partial charge in [-0.05, 0) is 19.1 Å². The van der Waals surface area contributed by atoms with Gasteiger partial charge in [0.1, 0.15) is 5.75 Å². The predicted molar refractivity (Wildman–Crippen MR) is 63.0 cm³/mol. The topological polar surface area (TPSA) is 38.3 Å². The van der Waals surface area contributed by atoms with E-state index in [1.54, 1.807) is 12.1 Å². The molecule has 0 aliphatic heterocycles. The molecule has 0 saturated carbocycles. The number of hydrogen-bond donors (Lipinski definition) is 1. The van der Waals surface area contributed by atoms with Crippen molar-refractivity contribution in [3.05, 3.63) is 30.3 Å². The molecule has 0 unspecified atom stereocenters. The molecule has 3 nitrogen and oxygen atoms in total. The molecule has 0 atom stereocenters. The van der Waals surface area contributed by atoms with Crippen molar-refractivity contribution in [2.75, 3.05) is 6.54 Å². The molecule has 15 heavy (non-hydrogen) atoms. The third-order valence-corrected chi connectivity index (χ3v) is 1.94. The second-order valence-electron chi connectivity index (χ2n) is 2.92. The Labute approximate surface area is 94.4 Å². The molecule has 0 aromatic heterocycles. The van der Waals surface area contributed by atoms with Crippen molar-refractivity contribution in [3.8, 4) is 5.75 Å². The Kier molecular flexibility index (Phi) is 4.77. The number of nitrogens with one attached hydrogen (secondary N) is 1. The van der Waals surface area contributed by atoms with Crippen molar-refractivity contribution >= 4 is 23.2 Å². The standard InChI is InChI=1S/C11H13NO2S/c1-2-12-10(15)8-11(13)14-9-6-4-3-5-7-9/h3-7H,2,8H2,1H3,(H,12,15). The minimum absolute atomic E-state index is 0.123. The molecule has 0 saturated heterocycles. The van der Waals surface area contributed by atoms with Crippen LogP contribution >= 0.6 is 12.2 Å². The van der Waals surface area contributed by atoms with Crippen molar-refractivity contribution in [2.24, 2.45) is 0 Å². The van der Waals surface area contributed by atoms with Crippen LogP contribution in [0.15, 0.2) is 30.3 Å². The van der Waals surface area contributed by atoms with E-state index in [4.69, 9.17) is 17.0 Å². The van der Waals surface area contributed by atoms with Crippen molar-refractivity contribution in [2.45, 2.75) is 13.3 Å². The van der Waals surface area contributed by atoms with Crippen LogP contribution in [0.5, 0.6) is 5.75 Å². The predicted octanol–water partition coefficient (Wildman–Crippen LogP) is 1.92. The average molecular weight is 223 g/mol. The minimum atomic E-state index is -0.341. The van der Waals surface area contributed by atoms with E-state index in [0.29, 0.717) is 10.7 Å². The van der Waals surface area contributed by atoms with Crippen molar-refractivity contribution in [1.82, 2.24) is 5.32 Å². The van der Waals surface area contributed by atoms with Crippen LogP contribution < -0.4 is 10.1 Å². The van der Waals surface area contributed by atoms with E-state index >= 15 is 0 Å². The largest absolute Gasteiger partial charge is 0.426 e. The first-order valence-corrected chi connectivity index (χ1v) is 5.15. The molecule has 0 bridgehead atoms. The van der Waals surface area contributed by atoms with E-state index in [-0.39, 0.29) is 12.4 Å². The maximum Gasteiger partial charge on any atom is 0.318 e. The summed E-state index contributed by atoms with van der Waals surface area (Å²) in [6.07, 6.45) is 0.123. The molecule has 0 fully saturated rings. The van der Waals surface area contributed by atoms with E-state index in [9.17, 15) is 4.79 Å². The molecule has 0 radical (unpaired) electrons. The first-order chi connectivity index (χ1) is 7.22. The fraction of sp³-hybridized carbons (Fsp3) is 0.273. The highest BCUT2D eigenvalue weighted by Crippen LogP contribution is 2.09. The van der Waals surface area contributed by atoms with Crippen LogP contribution in [0.4, 0.5) is 0 Å². The third kappa shape index (κ3) is 4.56. The Morgan fingerprint density at radius 2 is 2.07 bits per heavy atom. The van der Waals surface area contributed by atoms with Crippen LogP contribution in [-0.2, 0) is 4.79 Å². The van der Waals surface area contributed by atoms with Gasteiger partial charge in [-0.2, -0.15) is 0 Å². The Balaban J connectivity index is 2.40. The number of carbonyl (C=O) groups excluding carboxylic acids is 1. The Hall–Kier alpha value is -1.42. The second-order valence-corrected chi connectivity index (χ2v) is 3.41. The number of esters is 1. The van der Waals surface area contributed by atoms with Gasteiger partial charge in [-0.1, -0.05) is 30.4 Å². The summed E-state index contributed by atoms with van der Waals surface area (Å²) in [6.45, 7) is 2.65. The minimum Gasteiger partial charge on any atom is -0.426 e. The molecule has 1 N–H and O–H groups in total. The monoisotopic (exact) mass is 223 g/mol. The van der Waals surface area contributed by atoms with Crippen LogP contribution in [0, 0.1) is 0 Å². The maximum absolute atomic E-state index is 11.3. The molecule has 0 spiro atoms. The van der Waals surface area contributed by atoms with Gasteiger partial charge in [0.15, 0.2) is 0 Å². The lowest BCUT2D eigenvalue weighted by molar-refractivity contribution is -0.133. The zero-order chi connectivity index (χ0) is 11.1.